The molecule has 1 aliphatic heterocycles. The standard InChI is InChI=1S/C15H20O3/c1-11-10-14(17)18-15(11,2)13(16)9-8-12-6-4-3-5-7-12/h3-7,11,13,16H,8-10H2,1-2H3/t11-,13-,15-/m0/s1. The number of hydrogen-bond donors (Lipinski definition) is 1. The molecule has 1 aliphatic rings. The molecule has 2 rings (SSSR count). The van der Waals surface area contributed by atoms with Gasteiger partial charge >= 0.3 is 5.97 Å². The fourth-order valence-electron chi connectivity index (χ4n) is 2.47. The van der Waals surface area contributed by atoms with Crippen molar-refractivity contribution in [3.8, 4) is 0 Å². The zero-order valence-corrected chi connectivity index (χ0v) is 10.9. The summed E-state index contributed by atoms with van der Waals surface area (Å²) in [5, 5.41) is 10.3. The van der Waals surface area contributed by atoms with Gasteiger partial charge in [-0.05, 0) is 25.3 Å². The number of benzene rings is 1. The molecule has 0 aliphatic carbocycles. The van der Waals surface area contributed by atoms with E-state index in [4.69, 9.17) is 4.74 Å². The average Bonchev–Trinajstić information content (AvgIpc) is 2.62. The molecule has 0 aromatic heterocycles. The maximum absolute atomic E-state index is 11.3. The molecule has 0 saturated carbocycles. The Kier molecular flexibility index (Phi) is 3.71. The lowest BCUT2D eigenvalue weighted by Gasteiger charge is -2.32. The van der Waals surface area contributed by atoms with Crippen molar-refractivity contribution in [1.29, 1.82) is 0 Å². The number of aliphatic hydroxyl groups is 1. The van der Waals surface area contributed by atoms with Gasteiger partial charge in [-0.25, -0.2) is 0 Å². The van der Waals surface area contributed by atoms with Crippen molar-refractivity contribution in [3.63, 3.8) is 0 Å². The van der Waals surface area contributed by atoms with Gasteiger partial charge in [0.05, 0.1) is 12.5 Å². The molecule has 1 saturated heterocycles. The van der Waals surface area contributed by atoms with Crippen molar-refractivity contribution < 1.29 is 14.6 Å². The Hall–Kier alpha value is -1.35. The Morgan fingerprint density at radius 2 is 2.11 bits per heavy atom. The Morgan fingerprint density at radius 3 is 2.67 bits per heavy atom. The number of aliphatic hydroxyl groups excluding tert-OH is 1. The Labute approximate surface area is 108 Å². The molecule has 1 N–H and O–H groups in total. The molecule has 1 fully saturated rings. The fourth-order valence-corrected chi connectivity index (χ4v) is 2.47. The smallest absolute Gasteiger partial charge is 0.306 e. The first kappa shape index (κ1) is 13.1. The summed E-state index contributed by atoms with van der Waals surface area (Å²) in [6.07, 6.45) is 1.19. The molecule has 0 amide bonds. The van der Waals surface area contributed by atoms with Gasteiger partial charge in [-0.2, -0.15) is 0 Å². The molecular formula is C15H20O3. The van der Waals surface area contributed by atoms with E-state index in [1.807, 2.05) is 44.2 Å². The van der Waals surface area contributed by atoms with Crippen molar-refractivity contribution in [1.82, 2.24) is 0 Å². The van der Waals surface area contributed by atoms with E-state index in [9.17, 15) is 9.90 Å². The summed E-state index contributed by atoms with van der Waals surface area (Å²) in [7, 11) is 0. The number of carbonyl (C=O) groups is 1. The average molecular weight is 248 g/mol. The molecule has 98 valence electrons. The summed E-state index contributed by atoms with van der Waals surface area (Å²) in [5.74, 6) is -0.139. The van der Waals surface area contributed by atoms with E-state index in [0.29, 0.717) is 12.8 Å². The number of carbonyl (C=O) groups excluding carboxylic acids is 1. The van der Waals surface area contributed by atoms with Gasteiger partial charge in [-0.15, -0.1) is 0 Å². The lowest BCUT2D eigenvalue weighted by Crippen LogP contribution is -2.43. The van der Waals surface area contributed by atoms with Gasteiger partial charge in [0.15, 0.2) is 0 Å². The Morgan fingerprint density at radius 1 is 1.44 bits per heavy atom. The second kappa shape index (κ2) is 5.11. The molecule has 0 bridgehead atoms. The first-order chi connectivity index (χ1) is 8.52. The third kappa shape index (κ3) is 2.56. The van der Waals surface area contributed by atoms with Gasteiger partial charge in [0, 0.05) is 5.92 Å². The zero-order chi connectivity index (χ0) is 13.2. The highest BCUT2D eigenvalue weighted by atomic mass is 16.6. The number of rotatable bonds is 4. The number of esters is 1. The maximum atomic E-state index is 11.3. The van der Waals surface area contributed by atoms with Crippen molar-refractivity contribution >= 4 is 5.97 Å². The molecule has 3 heteroatoms. The second-order valence-electron chi connectivity index (χ2n) is 5.30. The Balaban J connectivity index is 1.96. The summed E-state index contributed by atoms with van der Waals surface area (Å²) in [6.45, 7) is 3.79. The van der Waals surface area contributed by atoms with Crippen LogP contribution < -0.4 is 0 Å². The highest BCUT2D eigenvalue weighted by Crippen LogP contribution is 2.36. The predicted molar refractivity (Wildman–Crippen MR) is 69.0 cm³/mol. The summed E-state index contributed by atoms with van der Waals surface area (Å²) in [5.41, 5.74) is 0.461. The van der Waals surface area contributed by atoms with E-state index < -0.39 is 11.7 Å². The van der Waals surface area contributed by atoms with Crippen LogP contribution in [0, 0.1) is 5.92 Å². The highest BCUT2D eigenvalue weighted by Gasteiger charge is 2.47. The normalized spacial score (nSPS) is 29.1. The third-order valence-corrected chi connectivity index (χ3v) is 4.00. The lowest BCUT2D eigenvalue weighted by atomic mass is 9.83. The minimum Gasteiger partial charge on any atom is -0.456 e. The summed E-state index contributed by atoms with van der Waals surface area (Å²) >= 11 is 0. The van der Waals surface area contributed by atoms with Crippen LogP contribution in [0.4, 0.5) is 0 Å². The van der Waals surface area contributed by atoms with Crippen LogP contribution in [0.5, 0.6) is 0 Å². The van der Waals surface area contributed by atoms with E-state index in [1.54, 1.807) is 0 Å². The van der Waals surface area contributed by atoms with Crippen LogP contribution in [0.3, 0.4) is 0 Å². The number of cyclic esters (lactones) is 1. The van der Waals surface area contributed by atoms with Gasteiger partial charge < -0.3 is 9.84 Å². The van der Waals surface area contributed by atoms with Crippen LogP contribution in [0.15, 0.2) is 30.3 Å². The van der Waals surface area contributed by atoms with Gasteiger partial charge in [-0.1, -0.05) is 37.3 Å². The van der Waals surface area contributed by atoms with Gasteiger partial charge in [0.25, 0.3) is 0 Å². The predicted octanol–water partition coefficient (Wildman–Crippen LogP) is 2.32. The third-order valence-electron chi connectivity index (χ3n) is 4.00. The molecule has 0 spiro atoms. The lowest BCUT2D eigenvalue weighted by molar-refractivity contribution is -0.159. The Bertz CT molecular complexity index is 415. The first-order valence-electron chi connectivity index (χ1n) is 6.46. The first-order valence-corrected chi connectivity index (χ1v) is 6.46. The van der Waals surface area contributed by atoms with E-state index in [0.717, 1.165) is 6.42 Å². The number of hydrogen-bond acceptors (Lipinski definition) is 3. The molecule has 3 atom stereocenters. The van der Waals surface area contributed by atoms with Crippen molar-refractivity contribution in [2.24, 2.45) is 5.92 Å². The summed E-state index contributed by atoms with van der Waals surface area (Å²) in [6, 6.07) is 10.0. The minimum atomic E-state index is -0.730. The minimum absolute atomic E-state index is 0.0655. The molecule has 18 heavy (non-hydrogen) atoms. The quantitative estimate of drug-likeness (QED) is 0.832. The fraction of sp³-hybridized carbons (Fsp3) is 0.533. The van der Waals surface area contributed by atoms with Crippen LogP contribution in [-0.2, 0) is 16.0 Å². The molecule has 1 aromatic carbocycles. The number of aryl methyl sites for hydroxylation is 1. The van der Waals surface area contributed by atoms with E-state index in [1.165, 1.54) is 5.56 Å². The zero-order valence-electron chi connectivity index (χ0n) is 10.9. The van der Waals surface area contributed by atoms with Crippen molar-refractivity contribution in [2.75, 3.05) is 0 Å². The largest absolute Gasteiger partial charge is 0.456 e. The van der Waals surface area contributed by atoms with E-state index >= 15 is 0 Å². The molecule has 3 nitrogen and oxygen atoms in total. The van der Waals surface area contributed by atoms with Crippen LogP contribution in [0.1, 0.15) is 32.3 Å². The number of ether oxygens (including phenoxy) is 1. The van der Waals surface area contributed by atoms with Gasteiger partial charge in [-0.3, -0.25) is 4.79 Å². The SMILES string of the molecule is C[C@H]1CC(=O)O[C@]1(C)[C@@H](O)CCc1ccccc1. The topological polar surface area (TPSA) is 46.5 Å². The van der Waals surface area contributed by atoms with Crippen molar-refractivity contribution in [3.05, 3.63) is 35.9 Å². The van der Waals surface area contributed by atoms with E-state index in [-0.39, 0.29) is 11.9 Å². The van der Waals surface area contributed by atoms with Crippen LogP contribution in [0.25, 0.3) is 0 Å². The van der Waals surface area contributed by atoms with E-state index in [2.05, 4.69) is 0 Å². The van der Waals surface area contributed by atoms with Crippen LogP contribution in [-0.4, -0.2) is 22.8 Å². The molecular weight excluding hydrogens is 228 g/mol. The van der Waals surface area contributed by atoms with Crippen LogP contribution >= 0.6 is 0 Å². The maximum Gasteiger partial charge on any atom is 0.306 e. The van der Waals surface area contributed by atoms with Crippen molar-refractivity contribution in [2.45, 2.75) is 44.8 Å². The van der Waals surface area contributed by atoms with Gasteiger partial charge in [0.2, 0.25) is 0 Å². The molecule has 0 radical (unpaired) electrons. The van der Waals surface area contributed by atoms with Gasteiger partial charge in [0.1, 0.15) is 5.60 Å². The summed E-state index contributed by atoms with van der Waals surface area (Å²) < 4.78 is 5.32. The molecule has 1 heterocycles. The highest BCUT2D eigenvalue weighted by molar-refractivity contribution is 5.72. The second-order valence-corrected chi connectivity index (χ2v) is 5.30. The molecule has 0 unspecified atom stereocenters. The van der Waals surface area contributed by atoms with Crippen LogP contribution in [0.2, 0.25) is 0 Å². The summed E-state index contributed by atoms with van der Waals surface area (Å²) in [4.78, 5) is 11.3. The molecule has 1 aromatic rings. The monoisotopic (exact) mass is 248 g/mol.